The number of ether oxygens (including phenoxy) is 2. The highest BCUT2D eigenvalue weighted by atomic mass is 32.1. The third-order valence-corrected chi connectivity index (χ3v) is 8.55. The molecular formula is C34H33N3O5S. The Morgan fingerprint density at radius 1 is 1.14 bits per heavy atom. The summed E-state index contributed by atoms with van der Waals surface area (Å²) in [6.45, 7) is 8.42. The number of carbonyl (C=O) groups is 2. The van der Waals surface area contributed by atoms with E-state index in [2.05, 4.69) is 5.32 Å². The second-order valence-corrected chi connectivity index (χ2v) is 12.7. The maximum Gasteiger partial charge on any atom is 0.337 e. The van der Waals surface area contributed by atoms with Gasteiger partial charge in [0, 0.05) is 41.2 Å². The van der Waals surface area contributed by atoms with E-state index in [1.807, 2.05) is 82.3 Å². The highest BCUT2D eigenvalue weighted by Gasteiger charge is 2.33. The van der Waals surface area contributed by atoms with Crippen molar-refractivity contribution >= 4 is 44.3 Å². The maximum atomic E-state index is 13.3. The van der Waals surface area contributed by atoms with E-state index < -0.39 is 17.7 Å². The minimum atomic E-state index is -1.26. The number of aromatic nitrogens is 2. The summed E-state index contributed by atoms with van der Waals surface area (Å²) in [4.78, 5) is 35.6. The number of hydrogen-bond acceptors (Lipinski definition) is 7. The zero-order chi connectivity index (χ0) is 30.3. The third kappa shape index (κ3) is 5.70. The normalized spacial score (nSPS) is 13.6. The van der Waals surface area contributed by atoms with Crippen LogP contribution in [0.2, 0.25) is 0 Å². The van der Waals surface area contributed by atoms with Crippen LogP contribution in [0.4, 0.5) is 0 Å². The first-order valence-electron chi connectivity index (χ1n) is 14.3. The van der Waals surface area contributed by atoms with Gasteiger partial charge in [-0.05, 0) is 75.1 Å². The van der Waals surface area contributed by atoms with E-state index in [1.165, 1.54) is 11.3 Å². The van der Waals surface area contributed by atoms with Gasteiger partial charge in [0.05, 0.1) is 27.9 Å². The minimum Gasteiger partial charge on any atom is -0.493 e. The zero-order valence-electron chi connectivity index (χ0n) is 24.6. The lowest BCUT2D eigenvalue weighted by atomic mass is 9.89. The molecule has 1 amide bonds. The molecule has 1 aliphatic rings. The molecule has 0 aliphatic carbocycles. The van der Waals surface area contributed by atoms with Gasteiger partial charge in [-0.15, -0.1) is 11.3 Å². The molecule has 2 aromatic heterocycles. The molecule has 9 heteroatoms. The smallest absolute Gasteiger partial charge is 0.337 e. The third-order valence-electron chi connectivity index (χ3n) is 7.46. The number of rotatable bonds is 8. The molecule has 0 saturated heterocycles. The first kappa shape index (κ1) is 28.8. The summed E-state index contributed by atoms with van der Waals surface area (Å²) in [5.41, 5.74) is 5.50. The standard InChI is InChI=1S/C34H33N3O5S/c1-19-18-23-30(43-32(37-23)31(38)36-15-12-20-8-6-5-7-9-20)27(25(19)29(33(39)40)42-34(2,3)4)22-10-11-24-26-21(14-17-41-24)13-16-35-28(22)26/h5-11,13,16,18,29H,12,14-15,17H2,1-4H3,(H,36,38)(H,39,40). The molecule has 8 nitrogen and oxygen atoms in total. The summed E-state index contributed by atoms with van der Waals surface area (Å²) in [7, 11) is 0. The van der Waals surface area contributed by atoms with Crippen LogP contribution in [0.15, 0.2) is 60.8 Å². The van der Waals surface area contributed by atoms with Gasteiger partial charge in [0.2, 0.25) is 0 Å². The Kier molecular flexibility index (Phi) is 7.62. The molecule has 43 heavy (non-hydrogen) atoms. The first-order valence-corrected chi connectivity index (χ1v) is 15.1. The van der Waals surface area contributed by atoms with E-state index in [0.29, 0.717) is 57.0 Å². The minimum absolute atomic E-state index is 0.272. The Bertz CT molecular complexity index is 1850. The van der Waals surface area contributed by atoms with Crippen molar-refractivity contribution in [1.82, 2.24) is 15.3 Å². The van der Waals surface area contributed by atoms with Crippen molar-refractivity contribution in [3.8, 4) is 16.9 Å². The highest BCUT2D eigenvalue weighted by molar-refractivity contribution is 7.20. The number of hydrogen-bond donors (Lipinski definition) is 2. The number of pyridine rings is 1. The van der Waals surface area contributed by atoms with Crippen molar-refractivity contribution in [2.24, 2.45) is 0 Å². The molecule has 5 aromatic rings. The average molecular weight is 596 g/mol. The second kappa shape index (κ2) is 11.4. The average Bonchev–Trinajstić information content (AvgIpc) is 3.40. The number of carboxylic acids is 1. The van der Waals surface area contributed by atoms with Gasteiger partial charge >= 0.3 is 5.97 Å². The van der Waals surface area contributed by atoms with E-state index in [4.69, 9.17) is 19.4 Å². The molecule has 2 N–H and O–H groups in total. The van der Waals surface area contributed by atoms with Crippen LogP contribution >= 0.6 is 11.3 Å². The predicted molar refractivity (Wildman–Crippen MR) is 168 cm³/mol. The molecule has 1 unspecified atom stereocenters. The van der Waals surface area contributed by atoms with E-state index in [-0.39, 0.29) is 5.91 Å². The Morgan fingerprint density at radius 2 is 1.93 bits per heavy atom. The molecule has 0 fully saturated rings. The fraction of sp³-hybridized carbons (Fsp3) is 0.294. The SMILES string of the molecule is Cc1cc2nc(C(=O)NCCc3ccccc3)sc2c(-c2ccc3c4c(ccnc24)CCO3)c1C(OC(C)(C)C)C(=O)O. The van der Waals surface area contributed by atoms with Crippen molar-refractivity contribution in [1.29, 1.82) is 0 Å². The number of nitrogens with zero attached hydrogens (tertiary/aromatic N) is 2. The number of aryl methyl sites for hydroxylation is 1. The number of nitrogens with one attached hydrogen (secondary N) is 1. The monoisotopic (exact) mass is 595 g/mol. The molecule has 220 valence electrons. The molecule has 0 radical (unpaired) electrons. The van der Waals surface area contributed by atoms with Gasteiger partial charge in [-0.25, -0.2) is 9.78 Å². The number of carboxylic acid groups (broad SMARTS) is 1. The number of amides is 1. The molecule has 0 spiro atoms. The quantitative estimate of drug-likeness (QED) is 0.206. The lowest BCUT2D eigenvalue weighted by molar-refractivity contribution is -0.160. The van der Waals surface area contributed by atoms with Gasteiger partial charge in [-0.1, -0.05) is 30.3 Å². The summed E-state index contributed by atoms with van der Waals surface area (Å²) in [5, 5.41) is 14.7. The van der Waals surface area contributed by atoms with Crippen LogP contribution in [-0.4, -0.2) is 45.7 Å². The first-order chi connectivity index (χ1) is 20.6. The lowest BCUT2D eigenvalue weighted by Gasteiger charge is -2.28. The molecule has 3 aromatic carbocycles. The number of aliphatic carboxylic acids is 1. The van der Waals surface area contributed by atoms with E-state index >= 15 is 0 Å². The Balaban J connectivity index is 1.52. The number of fused-ring (bicyclic) bond motifs is 1. The van der Waals surface area contributed by atoms with E-state index in [9.17, 15) is 14.7 Å². The molecule has 1 atom stereocenters. The summed E-state index contributed by atoms with van der Waals surface area (Å²) in [5.74, 6) is -0.616. The van der Waals surface area contributed by atoms with Crippen LogP contribution in [-0.2, 0) is 22.4 Å². The van der Waals surface area contributed by atoms with Crippen LogP contribution in [0.1, 0.15) is 58.9 Å². The van der Waals surface area contributed by atoms with Crippen LogP contribution in [0.3, 0.4) is 0 Å². The maximum absolute atomic E-state index is 13.3. The summed E-state index contributed by atoms with van der Waals surface area (Å²) in [6.07, 6.45) is 1.98. The molecule has 1 aliphatic heterocycles. The van der Waals surface area contributed by atoms with Crippen molar-refractivity contribution in [2.75, 3.05) is 13.2 Å². The predicted octanol–water partition coefficient (Wildman–Crippen LogP) is 6.67. The van der Waals surface area contributed by atoms with Gasteiger partial charge in [-0.2, -0.15) is 0 Å². The van der Waals surface area contributed by atoms with Crippen LogP contribution < -0.4 is 10.1 Å². The zero-order valence-corrected chi connectivity index (χ0v) is 25.4. The summed E-state index contributed by atoms with van der Waals surface area (Å²) < 4.78 is 12.8. The summed E-state index contributed by atoms with van der Waals surface area (Å²) in [6, 6.07) is 17.6. The van der Waals surface area contributed by atoms with E-state index in [0.717, 1.165) is 34.2 Å². The van der Waals surface area contributed by atoms with Crippen molar-refractivity contribution in [3.63, 3.8) is 0 Å². The van der Waals surface area contributed by atoms with Gasteiger partial charge < -0.3 is 19.9 Å². The lowest BCUT2D eigenvalue weighted by Crippen LogP contribution is -2.28. The number of benzene rings is 3. The van der Waals surface area contributed by atoms with Crippen LogP contribution in [0.5, 0.6) is 5.75 Å². The van der Waals surface area contributed by atoms with Gasteiger partial charge in [0.25, 0.3) is 5.91 Å². The fourth-order valence-corrected chi connectivity index (χ4v) is 6.68. The van der Waals surface area contributed by atoms with Gasteiger partial charge in [0.15, 0.2) is 11.1 Å². The van der Waals surface area contributed by atoms with Gasteiger partial charge in [0.1, 0.15) is 5.75 Å². The van der Waals surface area contributed by atoms with Crippen LogP contribution in [0.25, 0.3) is 32.2 Å². The topological polar surface area (TPSA) is 111 Å². The van der Waals surface area contributed by atoms with Gasteiger partial charge in [-0.3, -0.25) is 9.78 Å². The molecular weight excluding hydrogens is 562 g/mol. The van der Waals surface area contributed by atoms with Crippen molar-refractivity contribution < 1.29 is 24.2 Å². The van der Waals surface area contributed by atoms with E-state index in [1.54, 1.807) is 6.20 Å². The van der Waals surface area contributed by atoms with Crippen LogP contribution in [0, 0.1) is 6.92 Å². The van der Waals surface area contributed by atoms with Crippen molar-refractivity contribution in [3.05, 3.63) is 88.1 Å². The Hall–Kier alpha value is -4.34. The molecule has 0 bridgehead atoms. The number of thiazole rings is 1. The Morgan fingerprint density at radius 3 is 2.67 bits per heavy atom. The largest absolute Gasteiger partial charge is 0.493 e. The molecule has 3 heterocycles. The highest BCUT2D eigenvalue weighted by Crippen LogP contribution is 2.46. The number of carbonyl (C=O) groups excluding carboxylic acids is 1. The Labute approximate surface area is 253 Å². The second-order valence-electron chi connectivity index (χ2n) is 11.7. The molecule has 0 saturated carbocycles. The van der Waals surface area contributed by atoms with Crippen molar-refractivity contribution in [2.45, 2.75) is 52.2 Å². The summed E-state index contributed by atoms with van der Waals surface area (Å²) >= 11 is 1.25. The fourth-order valence-electron chi connectivity index (χ4n) is 5.64. The molecule has 6 rings (SSSR count).